The van der Waals surface area contributed by atoms with Crippen molar-refractivity contribution in [2.45, 2.75) is 18.7 Å². The van der Waals surface area contributed by atoms with Crippen molar-refractivity contribution in [1.82, 2.24) is 14.1 Å². The minimum atomic E-state index is -3.63. The van der Waals surface area contributed by atoms with E-state index in [0.717, 1.165) is 0 Å². The highest BCUT2D eigenvalue weighted by Crippen LogP contribution is 2.31. The lowest BCUT2D eigenvalue weighted by molar-refractivity contribution is -0.106. The zero-order valence-electron chi connectivity index (χ0n) is 11.5. The normalized spacial score (nSPS) is 18.6. The molecule has 0 spiro atoms. The average molecular weight is 308 g/mol. The van der Waals surface area contributed by atoms with E-state index in [2.05, 4.69) is 5.10 Å². The van der Waals surface area contributed by atoms with Gasteiger partial charge >= 0.3 is 0 Å². The summed E-state index contributed by atoms with van der Waals surface area (Å²) in [4.78, 5) is 0.0861. The van der Waals surface area contributed by atoms with Gasteiger partial charge in [0.25, 0.3) is 0 Å². The number of nitrogens with zero attached hydrogens (tertiary/aromatic N) is 3. The van der Waals surface area contributed by atoms with Gasteiger partial charge in [0.15, 0.2) is 0 Å². The Labute approximate surface area is 118 Å². The Balaban J connectivity index is 2.31. The van der Waals surface area contributed by atoms with Gasteiger partial charge in [-0.05, 0) is 6.92 Å². The first-order valence-electron chi connectivity index (χ1n) is 5.90. The molecular weight excluding hydrogens is 290 g/mol. The fraction of sp³-hybridized carbons (Fsp3) is 0.727. The minimum absolute atomic E-state index is 0.0861. The molecule has 0 aromatic carbocycles. The number of halogens is 1. The molecule has 0 amide bonds. The van der Waals surface area contributed by atoms with E-state index in [-0.39, 0.29) is 15.5 Å². The van der Waals surface area contributed by atoms with Gasteiger partial charge < -0.3 is 4.74 Å². The Bertz CT molecular complexity index is 593. The molecule has 2 rings (SSSR count). The van der Waals surface area contributed by atoms with Crippen molar-refractivity contribution in [3.05, 3.63) is 10.8 Å². The summed E-state index contributed by atoms with van der Waals surface area (Å²) >= 11 is 6.03. The Hall–Kier alpha value is -0.630. The van der Waals surface area contributed by atoms with Crippen LogP contribution < -0.4 is 0 Å². The third kappa shape index (κ3) is 2.52. The fourth-order valence-electron chi connectivity index (χ4n) is 2.22. The number of sulfonamides is 1. The third-order valence-electron chi connectivity index (χ3n) is 3.27. The highest BCUT2D eigenvalue weighted by molar-refractivity contribution is 7.89. The molecule has 108 valence electrons. The van der Waals surface area contributed by atoms with E-state index < -0.39 is 10.0 Å². The fourth-order valence-corrected chi connectivity index (χ4v) is 4.24. The predicted octanol–water partition coefficient (Wildman–Crippen LogP) is 1.04. The molecule has 1 aliphatic heterocycles. The summed E-state index contributed by atoms with van der Waals surface area (Å²) in [5, 5.41) is 4.18. The van der Waals surface area contributed by atoms with Crippen LogP contribution in [-0.2, 0) is 21.8 Å². The lowest BCUT2D eigenvalue weighted by atomic mass is 9.89. The van der Waals surface area contributed by atoms with Crippen LogP contribution in [0.25, 0.3) is 0 Å². The van der Waals surface area contributed by atoms with E-state index in [4.69, 9.17) is 16.3 Å². The van der Waals surface area contributed by atoms with Crippen LogP contribution in [-0.4, -0.2) is 49.3 Å². The molecule has 0 N–H and O–H groups in total. The SMILES string of the molecule is Cc1nn(C)c(Cl)c1S(=O)(=O)N(C)CC1(C)COC1. The van der Waals surface area contributed by atoms with Crippen molar-refractivity contribution in [2.24, 2.45) is 12.5 Å². The van der Waals surface area contributed by atoms with E-state index in [9.17, 15) is 8.42 Å². The topological polar surface area (TPSA) is 64.4 Å². The van der Waals surface area contributed by atoms with E-state index in [1.807, 2.05) is 6.92 Å². The largest absolute Gasteiger partial charge is 0.380 e. The molecule has 19 heavy (non-hydrogen) atoms. The molecule has 1 fully saturated rings. The number of ether oxygens (including phenoxy) is 1. The molecule has 2 heterocycles. The van der Waals surface area contributed by atoms with Gasteiger partial charge in [-0.25, -0.2) is 12.7 Å². The van der Waals surface area contributed by atoms with E-state index in [1.54, 1.807) is 21.0 Å². The summed E-state index contributed by atoms with van der Waals surface area (Å²) < 4.78 is 32.9. The molecule has 0 saturated carbocycles. The molecule has 0 unspecified atom stereocenters. The van der Waals surface area contributed by atoms with Crippen LogP contribution >= 0.6 is 11.6 Å². The van der Waals surface area contributed by atoms with Gasteiger partial charge in [-0.3, -0.25) is 4.68 Å². The quantitative estimate of drug-likeness (QED) is 0.834. The molecule has 1 aromatic rings. The lowest BCUT2D eigenvalue weighted by Gasteiger charge is -2.40. The van der Waals surface area contributed by atoms with Crippen LogP contribution in [0.1, 0.15) is 12.6 Å². The predicted molar refractivity (Wildman–Crippen MR) is 71.7 cm³/mol. The second kappa shape index (κ2) is 4.73. The number of rotatable bonds is 4. The van der Waals surface area contributed by atoms with Crippen LogP contribution in [0, 0.1) is 12.3 Å². The van der Waals surface area contributed by atoms with Crippen LogP contribution in [0.5, 0.6) is 0 Å². The second-order valence-electron chi connectivity index (χ2n) is 5.39. The first-order chi connectivity index (χ1) is 8.67. The summed E-state index contributed by atoms with van der Waals surface area (Å²) in [6.07, 6.45) is 0. The molecule has 1 saturated heterocycles. The Morgan fingerprint density at radius 1 is 1.53 bits per heavy atom. The Kier molecular flexibility index (Phi) is 3.68. The molecular formula is C11H18ClN3O3S. The Morgan fingerprint density at radius 3 is 2.47 bits per heavy atom. The van der Waals surface area contributed by atoms with Crippen LogP contribution in [0.2, 0.25) is 5.15 Å². The van der Waals surface area contributed by atoms with Crippen molar-refractivity contribution in [1.29, 1.82) is 0 Å². The lowest BCUT2D eigenvalue weighted by Crippen LogP contribution is -2.49. The van der Waals surface area contributed by atoms with Crippen LogP contribution in [0.4, 0.5) is 0 Å². The van der Waals surface area contributed by atoms with E-state index in [0.29, 0.717) is 25.5 Å². The van der Waals surface area contributed by atoms with Gasteiger partial charge in [-0.15, -0.1) is 0 Å². The van der Waals surface area contributed by atoms with Gasteiger partial charge in [0.05, 0.1) is 18.9 Å². The van der Waals surface area contributed by atoms with Gasteiger partial charge in [0.1, 0.15) is 10.0 Å². The molecule has 0 aliphatic carbocycles. The van der Waals surface area contributed by atoms with Crippen molar-refractivity contribution < 1.29 is 13.2 Å². The summed E-state index contributed by atoms with van der Waals surface area (Å²) in [6.45, 7) is 5.19. The zero-order chi connectivity index (χ0) is 14.4. The maximum absolute atomic E-state index is 12.6. The van der Waals surface area contributed by atoms with Crippen LogP contribution in [0.15, 0.2) is 4.90 Å². The molecule has 1 aliphatic rings. The summed E-state index contributed by atoms with van der Waals surface area (Å²) in [7, 11) is -0.449. The number of aryl methyl sites for hydroxylation is 2. The highest BCUT2D eigenvalue weighted by atomic mass is 35.5. The molecule has 1 aromatic heterocycles. The zero-order valence-corrected chi connectivity index (χ0v) is 13.0. The molecule has 6 nitrogen and oxygen atoms in total. The van der Waals surface area contributed by atoms with Gasteiger partial charge in [0, 0.05) is 26.1 Å². The average Bonchev–Trinajstić information content (AvgIpc) is 2.50. The smallest absolute Gasteiger partial charge is 0.247 e. The molecule has 0 atom stereocenters. The first kappa shape index (κ1) is 14.8. The first-order valence-corrected chi connectivity index (χ1v) is 7.72. The summed E-state index contributed by atoms with van der Waals surface area (Å²) in [5.41, 5.74) is 0.291. The van der Waals surface area contributed by atoms with Gasteiger partial charge in [-0.1, -0.05) is 18.5 Å². The standard InChI is InChI=1S/C11H18ClN3O3S/c1-8-9(10(12)15(4)13-8)19(16,17)14(3)5-11(2)6-18-7-11/h5-7H2,1-4H3. The maximum Gasteiger partial charge on any atom is 0.247 e. The highest BCUT2D eigenvalue weighted by Gasteiger charge is 2.39. The van der Waals surface area contributed by atoms with Crippen LogP contribution in [0.3, 0.4) is 0 Å². The van der Waals surface area contributed by atoms with E-state index >= 15 is 0 Å². The monoisotopic (exact) mass is 307 g/mol. The molecule has 0 bridgehead atoms. The number of hydrogen-bond acceptors (Lipinski definition) is 4. The van der Waals surface area contributed by atoms with Crippen molar-refractivity contribution >= 4 is 21.6 Å². The third-order valence-corrected chi connectivity index (χ3v) is 5.77. The minimum Gasteiger partial charge on any atom is -0.380 e. The number of aromatic nitrogens is 2. The van der Waals surface area contributed by atoms with Gasteiger partial charge in [-0.2, -0.15) is 5.10 Å². The number of hydrogen-bond donors (Lipinski definition) is 0. The maximum atomic E-state index is 12.6. The van der Waals surface area contributed by atoms with Crippen molar-refractivity contribution in [2.75, 3.05) is 26.8 Å². The second-order valence-corrected chi connectivity index (χ2v) is 7.73. The Morgan fingerprint density at radius 2 is 2.11 bits per heavy atom. The van der Waals surface area contributed by atoms with Gasteiger partial charge in [0.2, 0.25) is 10.0 Å². The molecule has 8 heteroatoms. The van der Waals surface area contributed by atoms with Crippen molar-refractivity contribution in [3.8, 4) is 0 Å². The summed E-state index contributed by atoms with van der Waals surface area (Å²) in [5.74, 6) is 0. The van der Waals surface area contributed by atoms with E-state index in [1.165, 1.54) is 8.99 Å². The summed E-state index contributed by atoms with van der Waals surface area (Å²) in [6, 6.07) is 0. The van der Waals surface area contributed by atoms with Crippen molar-refractivity contribution in [3.63, 3.8) is 0 Å². The molecule has 0 radical (unpaired) electrons.